The number of ketones is 1. The van der Waals surface area contributed by atoms with Gasteiger partial charge in [0.25, 0.3) is 0 Å². The highest BCUT2D eigenvalue weighted by atomic mass is 16.5. The van der Waals surface area contributed by atoms with Crippen molar-refractivity contribution in [2.45, 2.75) is 39.2 Å². The number of aliphatic hydroxyl groups is 1. The first kappa shape index (κ1) is 18.4. The molecule has 0 bridgehead atoms. The Bertz CT molecular complexity index is 1010. The predicted molar refractivity (Wildman–Crippen MR) is 103 cm³/mol. The number of carbonyl (C=O) groups is 1. The van der Waals surface area contributed by atoms with Crippen molar-refractivity contribution in [3.8, 4) is 23.0 Å². The Labute approximate surface area is 162 Å². The minimum atomic E-state index is 0.00151. The number of carbonyl (C=O) groups excluding carboxylic acids is 1. The largest absolute Gasteiger partial charge is 0.493 e. The number of rotatable bonds is 6. The minimum absolute atomic E-state index is 0.00151. The van der Waals surface area contributed by atoms with E-state index in [2.05, 4.69) is 10.1 Å². The molecule has 8 heteroatoms. The fourth-order valence-corrected chi connectivity index (χ4v) is 3.36. The Morgan fingerprint density at radius 2 is 2.21 bits per heavy atom. The third kappa shape index (κ3) is 3.31. The second kappa shape index (κ2) is 7.55. The molecule has 0 unspecified atom stereocenters. The molecule has 0 radical (unpaired) electrons. The minimum Gasteiger partial charge on any atom is -0.493 e. The third-order valence-electron chi connectivity index (χ3n) is 4.79. The molecular formula is C20H23N5O3. The molecule has 146 valence electrons. The highest BCUT2D eigenvalue weighted by molar-refractivity contribution is 5.97. The maximum atomic E-state index is 12.4. The molecular weight excluding hydrogens is 358 g/mol. The number of fused-ring (bicyclic) bond motifs is 3. The zero-order chi connectivity index (χ0) is 19.7. The van der Waals surface area contributed by atoms with E-state index in [4.69, 9.17) is 14.9 Å². The van der Waals surface area contributed by atoms with Gasteiger partial charge in [-0.3, -0.25) is 4.79 Å². The highest BCUT2D eigenvalue weighted by Crippen LogP contribution is 2.35. The summed E-state index contributed by atoms with van der Waals surface area (Å²) in [7, 11) is 0. The lowest BCUT2D eigenvalue weighted by molar-refractivity contribution is 0.0971. The monoisotopic (exact) mass is 381 g/mol. The van der Waals surface area contributed by atoms with Gasteiger partial charge >= 0.3 is 0 Å². The molecule has 3 aromatic rings. The number of aliphatic hydroxyl groups excluding tert-OH is 1. The number of benzene rings is 1. The summed E-state index contributed by atoms with van der Waals surface area (Å²) in [4.78, 5) is 16.8. The summed E-state index contributed by atoms with van der Waals surface area (Å²) < 4.78 is 9.43. The number of aromatic nitrogens is 5. The summed E-state index contributed by atoms with van der Waals surface area (Å²) in [6, 6.07) is 5.60. The van der Waals surface area contributed by atoms with Crippen LogP contribution in [0.5, 0.6) is 5.75 Å². The molecule has 1 aromatic carbocycles. The van der Waals surface area contributed by atoms with Gasteiger partial charge in [0.2, 0.25) is 5.95 Å². The second-order valence-corrected chi connectivity index (χ2v) is 7.11. The van der Waals surface area contributed by atoms with Crippen LogP contribution in [0.1, 0.15) is 48.7 Å². The van der Waals surface area contributed by atoms with Crippen LogP contribution >= 0.6 is 0 Å². The standard InChI is InChI=1S/C20H23N5O3/c1-13(2)25-20(21-12-22-25)24-11-15-7-9-28-18-6-5-14(17(27)4-3-8-26)10-16(18)19(15)23-24/h5-6,10-13,26H,3-4,7-9H2,1-2H3. The fourth-order valence-electron chi connectivity index (χ4n) is 3.36. The van der Waals surface area contributed by atoms with Crippen LogP contribution in [0.4, 0.5) is 0 Å². The van der Waals surface area contributed by atoms with Gasteiger partial charge in [0.1, 0.15) is 12.1 Å². The molecule has 0 fully saturated rings. The van der Waals surface area contributed by atoms with Gasteiger partial charge in [0.15, 0.2) is 5.78 Å². The first-order valence-electron chi connectivity index (χ1n) is 9.48. The average molecular weight is 381 g/mol. The summed E-state index contributed by atoms with van der Waals surface area (Å²) in [5, 5.41) is 18.0. The van der Waals surface area contributed by atoms with Gasteiger partial charge in [-0.05, 0) is 38.5 Å². The van der Waals surface area contributed by atoms with Gasteiger partial charge in [-0.25, -0.2) is 9.36 Å². The average Bonchev–Trinajstić information content (AvgIpc) is 3.30. The first-order chi connectivity index (χ1) is 13.6. The van der Waals surface area contributed by atoms with Gasteiger partial charge in [-0.2, -0.15) is 15.2 Å². The van der Waals surface area contributed by atoms with E-state index < -0.39 is 0 Å². The topological polar surface area (TPSA) is 95.1 Å². The normalized spacial score (nSPS) is 13.0. The van der Waals surface area contributed by atoms with Crippen LogP contribution in [-0.2, 0) is 6.42 Å². The number of Topliss-reactive ketones (excluding diaryl/α,β-unsaturated/α-hetero) is 1. The zero-order valence-electron chi connectivity index (χ0n) is 16.0. The van der Waals surface area contributed by atoms with Crippen molar-refractivity contribution in [1.29, 1.82) is 0 Å². The molecule has 1 N–H and O–H groups in total. The lowest BCUT2D eigenvalue weighted by Crippen LogP contribution is -2.11. The number of hydrogen-bond acceptors (Lipinski definition) is 6. The molecule has 4 rings (SSSR count). The summed E-state index contributed by atoms with van der Waals surface area (Å²) >= 11 is 0. The van der Waals surface area contributed by atoms with Crippen LogP contribution in [0.25, 0.3) is 17.2 Å². The molecule has 0 spiro atoms. The van der Waals surface area contributed by atoms with Crippen LogP contribution in [-0.4, -0.2) is 48.6 Å². The van der Waals surface area contributed by atoms with E-state index >= 15 is 0 Å². The van der Waals surface area contributed by atoms with Crippen molar-refractivity contribution in [2.24, 2.45) is 0 Å². The van der Waals surface area contributed by atoms with E-state index in [1.54, 1.807) is 10.7 Å². The Balaban J connectivity index is 1.77. The van der Waals surface area contributed by atoms with E-state index in [-0.39, 0.29) is 18.4 Å². The summed E-state index contributed by atoms with van der Waals surface area (Å²) in [6.45, 7) is 4.63. The molecule has 8 nitrogen and oxygen atoms in total. The molecule has 3 heterocycles. The molecule has 0 saturated carbocycles. The van der Waals surface area contributed by atoms with Crippen molar-refractivity contribution in [2.75, 3.05) is 13.2 Å². The molecule has 0 aliphatic carbocycles. The number of hydrogen-bond donors (Lipinski definition) is 1. The SMILES string of the molecule is CC(C)n1ncnc1-n1cc2c(n1)-c1cc(C(=O)CCCO)ccc1OCC2. The predicted octanol–water partition coefficient (Wildman–Crippen LogP) is 2.60. The van der Waals surface area contributed by atoms with Crippen LogP contribution in [0.15, 0.2) is 30.7 Å². The Morgan fingerprint density at radius 3 is 3.00 bits per heavy atom. The Hall–Kier alpha value is -3.00. The van der Waals surface area contributed by atoms with E-state index in [1.165, 1.54) is 6.33 Å². The Morgan fingerprint density at radius 1 is 1.36 bits per heavy atom. The van der Waals surface area contributed by atoms with Crippen molar-refractivity contribution >= 4 is 5.78 Å². The van der Waals surface area contributed by atoms with Crippen molar-refractivity contribution in [1.82, 2.24) is 24.5 Å². The molecule has 0 amide bonds. The van der Waals surface area contributed by atoms with Crippen LogP contribution in [0.3, 0.4) is 0 Å². The molecule has 28 heavy (non-hydrogen) atoms. The van der Waals surface area contributed by atoms with Gasteiger partial charge in [-0.1, -0.05) is 0 Å². The molecule has 1 aliphatic rings. The maximum absolute atomic E-state index is 12.4. The summed E-state index contributed by atoms with van der Waals surface area (Å²) in [5.41, 5.74) is 3.24. The first-order valence-corrected chi connectivity index (χ1v) is 9.48. The molecule has 0 atom stereocenters. The Kier molecular flexibility index (Phi) is 4.95. The maximum Gasteiger partial charge on any atom is 0.249 e. The number of ether oxygens (including phenoxy) is 1. The quantitative estimate of drug-likeness (QED) is 0.660. The van der Waals surface area contributed by atoms with Crippen LogP contribution in [0, 0.1) is 0 Å². The van der Waals surface area contributed by atoms with Gasteiger partial charge in [0, 0.05) is 42.3 Å². The van der Waals surface area contributed by atoms with Gasteiger partial charge in [0.05, 0.1) is 18.3 Å². The molecule has 1 aliphatic heterocycles. The van der Waals surface area contributed by atoms with Crippen molar-refractivity contribution in [3.05, 3.63) is 41.9 Å². The smallest absolute Gasteiger partial charge is 0.249 e. The molecule has 0 saturated heterocycles. The van der Waals surface area contributed by atoms with Crippen LogP contribution < -0.4 is 4.74 Å². The van der Waals surface area contributed by atoms with Crippen LogP contribution in [0.2, 0.25) is 0 Å². The highest BCUT2D eigenvalue weighted by Gasteiger charge is 2.23. The van der Waals surface area contributed by atoms with E-state index in [1.807, 2.05) is 36.9 Å². The van der Waals surface area contributed by atoms with E-state index in [0.717, 1.165) is 16.8 Å². The lowest BCUT2D eigenvalue weighted by atomic mass is 10.00. The van der Waals surface area contributed by atoms with E-state index in [9.17, 15) is 4.79 Å². The van der Waals surface area contributed by atoms with E-state index in [0.29, 0.717) is 43.1 Å². The fraction of sp³-hybridized carbons (Fsp3) is 0.400. The summed E-state index contributed by atoms with van der Waals surface area (Å²) in [5.74, 6) is 1.37. The van der Waals surface area contributed by atoms with Gasteiger partial charge in [-0.15, -0.1) is 0 Å². The van der Waals surface area contributed by atoms with Crippen molar-refractivity contribution < 1.29 is 14.6 Å². The van der Waals surface area contributed by atoms with Crippen molar-refractivity contribution in [3.63, 3.8) is 0 Å². The second-order valence-electron chi connectivity index (χ2n) is 7.11. The lowest BCUT2D eigenvalue weighted by Gasteiger charge is -2.10. The number of nitrogens with zero attached hydrogens (tertiary/aromatic N) is 5. The van der Waals surface area contributed by atoms with Gasteiger partial charge < -0.3 is 9.84 Å². The summed E-state index contributed by atoms with van der Waals surface area (Å²) in [6.07, 6.45) is 4.97. The zero-order valence-corrected chi connectivity index (χ0v) is 16.0. The molecule has 2 aromatic heterocycles. The third-order valence-corrected chi connectivity index (χ3v) is 4.79.